The van der Waals surface area contributed by atoms with Crippen molar-refractivity contribution in [2.24, 2.45) is 0 Å². The largest absolute Gasteiger partial charge is 0.480 e. The molecule has 0 aliphatic carbocycles. The van der Waals surface area contributed by atoms with Crippen molar-refractivity contribution >= 4 is 33.3 Å². The van der Waals surface area contributed by atoms with Crippen LogP contribution < -0.4 is 10.0 Å². The van der Waals surface area contributed by atoms with Crippen LogP contribution in [0.5, 0.6) is 0 Å². The molecule has 0 saturated carbocycles. The van der Waals surface area contributed by atoms with Gasteiger partial charge in [-0.3, -0.25) is 9.52 Å². The van der Waals surface area contributed by atoms with Crippen molar-refractivity contribution < 1.29 is 18.3 Å². The van der Waals surface area contributed by atoms with E-state index < -0.39 is 22.0 Å². The lowest BCUT2D eigenvalue weighted by molar-refractivity contribution is -0.139. The quantitative estimate of drug-likeness (QED) is 0.374. The van der Waals surface area contributed by atoms with Crippen LogP contribution in [0.2, 0.25) is 5.02 Å². The van der Waals surface area contributed by atoms with Crippen LogP contribution in [0.1, 0.15) is 34.7 Å². The van der Waals surface area contributed by atoms with Crippen LogP contribution in [0, 0.1) is 27.7 Å². The van der Waals surface area contributed by atoms with Gasteiger partial charge >= 0.3 is 5.97 Å². The first-order valence-corrected chi connectivity index (χ1v) is 12.7. The standard InChI is InChI=1S/C26H29ClN2O4S/c1-15-9-21(10-16(2)23(15)14-28-19(5)26(30)31)20-7-6-8-22(13-20)29-34(32,33)25-12-17(3)24(27)11-18(25)4/h6-13,19,28-29H,14H2,1-5H3,(H,30,31). The molecule has 1 atom stereocenters. The van der Waals surface area contributed by atoms with Gasteiger partial charge in [0.1, 0.15) is 6.04 Å². The number of anilines is 1. The van der Waals surface area contributed by atoms with Crippen LogP contribution in [-0.4, -0.2) is 25.5 Å². The van der Waals surface area contributed by atoms with E-state index in [1.54, 1.807) is 45.0 Å². The topological polar surface area (TPSA) is 95.5 Å². The lowest BCUT2D eigenvalue weighted by Crippen LogP contribution is -2.33. The molecule has 0 aliphatic rings. The predicted octanol–water partition coefficient (Wildman–Crippen LogP) is 5.60. The number of carbonyl (C=O) groups is 1. The number of hydrogen-bond acceptors (Lipinski definition) is 4. The van der Waals surface area contributed by atoms with Crippen LogP contribution in [0.15, 0.2) is 53.4 Å². The highest BCUT2D eigenvalue weighted by atomic mass is 35.5. The zero-order chi connectivity index (χ0) is 25.2. The Kier molecular flexibility index (Phi) is 7.70. The molecule has 0 amide bonds. The van der Waals surface area contributed by atoms with Gasteiger partial charge in [0, 0.05) is 17.3 Å². The van der Waals surface area contributed by atoms with Gasteiger partial charge in [-0.2, -0.15) is 0 Å². The van der Waals surface area contributed by atoms with E-state index in [4.69, 9.17) is 16.7 Å². The Hall–Kier alpha value is -2.87. The Bertz CT molecular complexity index is 1330. The smallest absolute Gasteiger partial charge is 0.320 e. The second-order valence-electron chi connectivity index (χ2n) is 8.58. The summed E-state index contributed by atoms with van der Waals surface area (Å²) < 4.78 is 28.8. The molecule has 8 heteroatoms. The van der Waals surface area contributed by atoms with Crippen LogP contribution in [0.25, 0.3) is 11.1 Å². The summed E-state index contributed by atoms with van der Waals surface area (Å²) in [6.07, 6.45) is 0. The first kappa shape index (κ1) is 25.7. The Morgan fingerprint density at radius 2 is 1.59 bits per heavy atom. The summed E-state index contributed by atoms with van der Waals surface area (Å²) in [6.45, 7) is 9.52. The summed E-state index contributed by atoms with van der Waals surface area (Å²) in [5.74, 6) is -0.893. The molecular weight excluding hydrogens is 472 g/mol. The minimum absolute atomic E-state index is 0.193. The van der Waals surface area contributed by atoms with Crippen molar-refractivity contribution in [2.75, 3.05) is 4.72 Å². The zero-order valence-corrected chi connectivity index (χ0v) is 21.4. The van der Waals surface area contributed by atoms with Gasteiger partial charge < -0.3 is 10.4 Å². The van der Waals surface area contributed by atoms with Crippen LogP contribution in [0.3, 0.4) is 0 Å². The average Bonchev–Trinajstić information content (AvgIpc) is 2.75. The third-order valence-corrected chi connectivity index (χ3v) is 7.78. The van der Waals surface area contributed by atoms with E-state index in [1.807, 2.05) is 38.1 Å². The predicted molar refractivity (Wildman–Crippen MR) is 137 cm³/mol. The fourth-order valence-electron chi connectivity index (χ4n) is 3.80. The minimum Gasteiger partial charge on any atom is -0.480 e. The van der Waals surface area contributed by atoms with Crippen molar-refractivity contribution in [3.63, 3.8) is 0 Å². The highest BCUT2D eigenvalue weighted by molar-refractivity contribution is 7.92. The number of hydrogen-bond donors (Lipinski definition) is 3. The third kappa shape index (κ3) is 5.78. The first-order chi connectivity index (χ1) is 15.9. The number of aliphatic carboxylic acids is 1. The Labute approximate surface area is 206 Å². The van der Waals surface area contributed by atoms with Gasteiger partial charge in [0.2, 0.25) is 0 Å². The van der Waals surface area contributed by atoms with E-state index in [1.165, 1.54) is 0 Å². The minimum atomic E-state index is -3.79. The molecule has 180 valence electrons. The van der Waals surface area contributed by atoms with E-state index in [-0.39, 0.29) is 4.90 Å². The van der Waals surface area contributed by atoms with E-state index in [9.17, 15) is 13.2 Å². The highest BCUT2D eigenvalue weighted by Crippen LogP contribution is 2.29. The first-order valence-electron chi connectivity index (χ1n) is 10.9. The zero-order valence-electron chi connectivity index (χ0n) is 19.9. The second-order valence-corrected chi connectivity index (χ2v) is 10.6. The lowest BCUT2D eigenvalue weighted by atomic mass is 9.95. The summed E-state index contributed by atoms with van der Waals surface area (Å²) in [5, 5.41) is 12.6. The van der Waals surface area contributed by atoms with Crippen LogP contribution in [-0.2, 0) is 21.4 Å². The monoisotopic (exact) mass is 500 g/mol. The molecule has 3 N–H and O–H groups in total. The molecule has 0 aromatic heterocycles. The van der Waals surface area contributed by atoms with Gasteiger partial charge in [-0.25, -0.2) is 8.42 Å². The number of aryl methyl sites for hydroxylation is 4. The summed E-state index contributed by atoms with van der Waals surface area (Å²) in [6, 6.07) is 13.9. The molecule has 0 saturated heterocycles. The molecule has 3 rings (SSSR count). The fourth-order valence-corrected chi connectivity index (χ4v) is 5.38. The van der Waals surface area contributed by atoms with Crippen LogP contribution >= 0.6 is 11.6 Å². The molecule has 0 fully saturated rings. The molecule has 0 spiro atoms. The van der Waals surface area contributed by atoms with E-state index in [2.05, 4.69) is 10.0 Å². The van der Waals surface area contributed by atoms with Crippen molar-refractivity contribution in [1.82, 2.24) is 5.32 Å². The van der Waals surface area contributed by atoms with Gasteiger partial charge in [0.05, 0.1) is 4.90 Å². The molecule has 3 aromatic carbocycles. The summed E-state index contributed by atoms with van der Waals surface area (Å²) in [7, 11) is -3.79. The number of sulfonamides is 1. The summed E-state index contributed by atoms with van der Waals surface area (Å²) >= 11 is 6.13. The maximum Gasteiger partial charge on any atom is 0.320 e. The molecule has 0 aliphatic heterocycles. The van der Waals surface area contributed by atoms with Crippen LogP contribution in [0.4, 0.5) is 5.69 Å². The molecule has 0 bridgehead atoms. The van der Waals surface area contributed by atoms with E-state index in [0.717, 1.165) is 27.8 Å². The number of carboxylic acids is 1. The van der Waals surface area contributed by atoms with Gasteiger partial charge in [-0.05, 0) is 97.8 Å². The maximum absolute atomic E-state index is 13.1. The molecule has 34 heavy (non-hydrogen) atoms. The average molecular weight is 501 g/mol. The summed E-state index contributed by atoms with van der Waals surface area (Å²) in [4.78, 5) is 11.3. The fraction of sp³-hybridized carbons (Fsp3) is 0.269. The van der Waals surface area contributed by atoms with Crippen molar-refractivity contribution in [3.05, 3.63) is 81.4 Å². The van der Waals surface area contributed by atoms with Gasteiger partial charge in [-0.1, -0.05) is 35.9 Å². The molecule has 0 radical (unpaired) electrons. The summed E-state index contributed by atoms with van der Waals surface area (Å²) in [5.41, 5.74) is 6.64. The molecular formula is C26H29ClN2O4S. The lowest BCUT2D eigenvalue weighted by Gasteiger charge is -2.16. The van der Waals surface area contributed by atoms with Crippen molar-refractivity contribution in [1.29, 1.82) is 0 Å². The molecule has 1 unspecified atom stereocenters. The van der Waals surface area contributed by atoms with Crippen molar-refractivity contribution in [3.8, 4) is 11.1 Å². The normalized spacial score (nSPS) is 12.4. The Morgan fingerprint density at radius 1 is 0.941 bits per heavy atom. The molecule has 0 heterocycles. The van der Waals surface area contributed by atoms with E-state index >= 15 is 0 Å². The van der Waals surface area contributed by atoms with Gasteiger partial charge in [0.15, 0.2) is 0 Å². The number of benzene rings is 3. The maximum atomic E-state index is 13.1. The highest BCUT2D eigenvalue weighted by Gasteiger charge is 2.19. The number of halogens is 1. The number of nitrogens with one attached hydrogen (secondary N) is 2. The third-order valence-electron chi connectivity index (χ3n) is 5.85. The molecule has 6 nitrogen and oxygen atoms in total. The Morgan fingerprint density at radius 3 is 2.21 bits per heavy atom. The van der Waals surface area contributed by atoms with Gasteiger partial charge in [-0.15, -0.1) is 0 Å². The SMILES string of the molecule is Cc1cc(S(=O)(=O)Nc2cccc(-c3cc(C)c(CNC(C)C(=O)O)c(C)c3)c2)c(C)cc1Cl. The Balaban J connectivity index is 1.88. The number of rotatable bonds is 8. The van der Waals surface area contributed by atoms with Crippen molar-refractivity contribution in [2.45, 2.75) is 52.1 Å². The van der Waals surface area contributed by atoms with E-state index in [0.29, 0.717) is 28.4 Å². The molecule has 3 aromatic rings. The second kappa shape index (κ2) is 10.2. The van der Waals surface area contributed by atoms with Gasteiger partial charge in [0.25, 0.3) is 10.0 Å². The number of carboxylic acid groups (broad SMARTS) is 1.